The SMILES string of the molecule is N=C(N)c1nnc(N)s1. The maximum atomic E-state index is 6.88. The van der Waals surface area contributed by atoms with E-state index in [4.69, 9.17) is 16.9 Å². The first-order valence-corrected chi connectivity index (χ1v) is 2.95. The van der Waals surface area contributed by atoms with Crippen LogP contribution in [0, 0.1) is 5.41 Å². The second-order valence-electron chi connectivity index (χ2n) is 1.36. The molecule has 0 aliphatic rings. The number of anilines is 1. The van der Waals surface area contributed by atoms with Crippen LogP contribution in [0.3, 0.4) is 0 Å². The second-order valence-corrected chi connectivity index (χ2v) is 2.37. The van der Waals surface area contributed by atoms with Gasteiger partial charge in [-0.3, -0.25) is 5.41 Å². The van der Waals surface area contributed by atoms with E-state index in [1.807, 2.05) is 0 Å². The van der Waals surface area contributed by atoms with Crippen molar-refractivity contribution in [1.29, 1.82) is 5.41 Å². The summed E-state index contributed by atoms with van der Waals surface area (Å²) >= 11 is 1.10. The van der Waals surface area contributed by atoms with Gasteiger partial charge < -0.3 is 11.5 Å². The van der Waals surface area contributed by atoms with Gasteiger partial charge in [-0.25, -0.2) is 0 Å². The van der Waals surface area contributed by atoms with Gasteiger partial charge in [0.1, 0.15) is 0 Å². The highest BCUT2D eigenvalue weighted by molar-refractivity contribution is 7.16. The first kappa shape index (κ1) is 5.96. The van der Waals surface area contributed by atoms with E-state index in [0.717, 1.165) is 11.3 Å². The standard InChI is InChI=1S/C3H5N5S/c4-1(5)2-7-8-3(6)9-2/h(H3,4,5)(H2,6,8). The largest absolute Gasteiger partial charge is 0.382 e. The van der Waals surface area contributed by atoms with Crippen molar-refractivity contribution in [3.05, 3.63) is 5.01 Å². The van der Waals surface area contributed by atoms with E-state index in [2.05, 4.69) is 10.2 Å². The molecule has 6 heteroatoms. The summed E-state index contributed by atoms with van der Waals surface area (Å²) < 4.78 is 0. The summed E-state index contributed by atoms with van der Waals surface area (Å²) in [7, 11) is 0. The first-order valence-electron chi connectivity index (χ1n) is 2.13. The normalized spacial score (nSPS) is 9.33. The number of aromatic nitrogens is 2. The van der Waals surface area contributed by atoms with E-state index in [9.17, 15) is 0 Å². The Morgan fingerprint density at radius 3 is 2.44 bits per heavy atom. The Hall–Kier alpha value is -1.17. The van der Waals surface area contributed by atoms with Gasteiger partial charge in [0.25, 0.3) is 0 Å². The Bertz CT molecular complexity index is 228. The molecule has 0 aliphatic heterocycles. The molecule has 1 rings (SSSR count). The molecule has 1 aromatic rings. The van der Waals surface area contributed by atoms with Crippen molar-refractivity contribution in [3.63, 3.8) is 0 Å². The molecule has 0 aliphatic carbocycles. The van der Waals surface area contributed by atoms with Crippen molar-refractivity contribution in [2.24, 2.45) is 5.73 Å². The highest BCUT2D eigenvalue weighted by Crippen LogP contribution is 2.08. The summed E-state index contributed by atoms with van der Waals surface area (Å²) in [4.78, 5) is 0. The minimum atomic E-state index is -0.0933. The number of hydrogen-bond acceptors (Lipinski definition) is 5. The van der Waals surface area contributed by atoms with Crippen molar-refractivity contribution < 1.29 is 0 Å². The van der Waals surface area contributed by atoms with Gasteiger partial charge in [0.15, 0.2) is 10.8 Å². The van der Waals surface area contributed by atoms with Gasteiger partial charge in [0, 0.05) is 0 Å². The molecule has 0 amide bonds. The topological polar surface area (TPSA) is 102 Å². The van der Waals surface area contributed by atoms with Crippen molar-refractivity contribution >= 4 is 22.3 Å². The van der Waals surface area contributed by atoms with Crippen LogP contribution in [0.4, 0.5) is 5.13 Å². The van der Waals surface area contributed by atoms with Gasteiger partial charge in [-0.05, 0) is 0 Å². The molecule has 0 aromatic carbocycles. The molecule has 0 unspecified atom stereocenters. The first-order chi connectivity index (χ1) is 4.20. The van der Waals surface area contributed by atoms with Crippen LogP contribution < -0.4 is 11.5 Å². The fourth-order valence-electron chi connectivity index (χ4n) is 0.343. The minimum absolute atomic E-state index is 0.0933. The third-order valence-electron chi connectivity index (χ3n) is 0.671. The number of amidine groups is 1. The van der Waals surface area contributed by atoms with Crippen molar-refractivity contribution in [2.75, 3.05) is 5.73 Å². The van der Waals surface area contributed by atoms with Crippen LogP contribution in [0.5, 0.6) is 0 Å². The van der Waals surface area contributed by atoms with Crippen molar-refractivity contribution in [1.82, 2.24) is 10.2 Å². The summed E-state index contributed by atoms with van der Waals surface area (Å²) in [6.07, 6.45) is 0. The number of hydrogen-bond donors (Lipinski definition) is 3. The molecule has 5 N–H and O–H groups in total. The van der Waals surface area contributed by atoms with Gasteiger partial charge in [0.2, 0.25) is 5.13 Å². The van der Waals surface area contributed by atoms with Crippen LogP contribution in [0.15, 0.2) is 0 Å². The molecular formula is C3H5N5S. The zero-order chi connectivity index (χ0) is 6.85. The van der Waals surface area contributed by atoms with E-state index in [-0.39, 0.29) is 5.84 Å². The average molecular weight is 143 g/mol. The molecule has 1 aromatic heterocycles. The zero-order valence-electron chi connectivity index (χ0n) is 4.46. The van der Waals surface area contributed by atoms with E-state index < -0.39 is 0 Å². The Morgan fingerprint density at radius 1 is 1.56 bits per heavy atom. The maximum absolute atomic E-state index is 6.88. The van der Waals surface area contributed by atoms with Gasteiger partial charge in [0.05, 0.1) is 0 Å². The molecule has 9 heavy (non-hydrogen) atoms. The molecule has 0 fully saturated rings. The van der Waals surface area contributed by atoms with Gasteiger partial charge >= 0.3 is 0 Å². The summed E-state index contributed by atoms with van der Waals surface area (Å²) in [5.74, 6) is -0.0933. The molecule has 0 saturated heterocycles. The highest BCUT2D eigenvalue weighted by atomic mass is 32.1. The second kappa shape index (κ2) is 1.98. The van der Waals surface area contributed by atoms with E-state index in [0.29, 0.717) is 10.1 Å². The lowest BCUT2D eigenvalue weighted by molar-refractivity contribution is 1.08. The quantitative estimate of drug-likeness (QED) is 0.361. The fourth-order valence-corrected chi connectivity index (χ4v) is 0.815. The number of nitrogens with one attached hydrogen (secondary N) is 1. The monoisotopic (exact) mass is 143 g/mol. The minimum Gasteiger partial charge on any atom is -0.382 e. The third kappa shape index (κ3) is 1.14. The molecular weight excluding hydrogens is 138 g/mol. The van der Waals surface area contributed by atoms with Crippen LogP contribution in [-0.2, 0) is 0 Å². The number of nitrogens with two attached hydrogens (primary N) is 2. The molecule has 0 atom stereocenters. The highest BCUT2D eigenvalue weighted by Gasteiger charge is 2.01. The van der Waals surface area contributed by atoms with E-state index in [1.54, 1.807) is 0 Å². The molecule has 1 heterocycles. The van der Waals surface area contributed by atoms with Gasteiger partial charge in [-0.2, -0.15) is 0 Å². The zero-order valence-corrected chi connectivity index (χ0v) is 5.27. The van der Waals surface area contributed by atoms with Crippen LogP contribution in [0.2, 0.25) is 0 Å². The summed E-state index contributed by atoms with van der Waals surface area (Å²) in [5, 5.41) is 14.6. The van der Waals surface area contributed by atoms with Crippen LogP contribution in [-0.4, -0.2) is 16.0 Å². The lowest BCUT2D eigenvalue weighted by Crippen LogP contribution is -2.10. The summed E-state index contributed by atoms with van der Waals surface area (Å²) in [6.45, 7) is 0. The predicted molar refractivity (Wildman–Crippen MR) is 35.3 cm³/mol. The number of nitrogens with zero attached hydrogens (tertiary/aromatic N) is 2. The Balaban J connectivity index is 2.98. The third-order valence-corrected chi connectivity index (χ3v) is 1.46. The molecule has 0 saturated carbocycles. The Labute approximate surface area is 55.2 Å². The van der Waals surface area contributed by atoms with E-state index >= 15 is 0 Å². The molecule has 0 radical (unpaired) electrons. The summed E-state index contributed by atoms with van der Waals surface area (Å²) in [5.41, 5.74) is 10.3. The van der Waals surface area contributed by atoms with Crippen molar-refractivity contribution in [3.8, 4) is 0 Å². The van der Waals surface area contributed by atoms with E-state index in [1.165, 1.54) is 0 Å². The molecule has 0 bridgehead atoms. The molecule has 5 nitrogen and oxygen atoms in total. The van der Waals surface area contributed by atoms with Crippen LogP contribution in [0.1, 0.15) is 5.01 Å². The smallest absolute Gasteiger partial charge is 0.203 e. The number of rotatable bonds is 1. The van der Waals surface area contributed by atoms with Crippen molar-refractivity contribution in [2.45, 2.75) is 0 Å². The average Bonchev–Trinajstić information content (AvgIpc) is 2.14. The lowest BCUT2D eigenvalue weighted by atomic mass is 10.7. The molecule has 48 valence electrons. The fraction of sp³-hybridized carbons (Fsp3) is 0. The lowest BCUT2D eigenvalue weighted by Gasteiger charge is -1.81. The van der Waals surface area contributed by atoms with Crippen LogP contribution >= 0.6 is 11.3 Å². The maximum Gasteiger partial charge on any atom is 0.203 e. The van der Waals surface area contributed by atoms with Gasteiger partial charge in [-0.15, -0.1) is 10.2 Å². The summed E-state index contributed by atoms with van der Waals surface area (Å²) in [6, 6.07) is 0. The Morgan fingerprint density at radius 2 is 2.22 bits per heavy atom. The molecule has 0 spiro atoms. The van der Waals surface area contributed by atoms with Gasteiger partial charge in [-0.1, -0.05) is 11.3 Å². The predicted octanol–water partition coefficient (Wildman–Crippen LogP) is -0.596. The van der Waals surface area contributed by atoms with Crippen LogP contribution in [0.25, 0.3) is 0 Å². The number of nitrogen functional groups attached to an aromatic ring is 2. The Kier molecular flexibility index (Phi) is 1.31.